The molecule has 0 unspecified atom stereocenters. The average molecular weight is 232 g/mol. The Balaban J connectivity index is 2.06. The van der Waals surface area contributed by atoms with Crippen molar-refractivity contribution in [2.45, 2.75) is 52.4 Å². The highest BCUT2D eigenvalue weighted by Crippen LogP contribution is 2.10. The molecule has 0 radical (unpaired) electrons. The van der Waals surface area contributed by atoms with Crippen molar-refractivity contribution < 1.29 is 4.79 Å². The van der Waals surface area contributed by atoms with E-state index in [4.69, 9.17) is 0 Å². The van der Waals surface area contributed by atoms with E-state index in [1.165, 1.54) is 5.56 Å². The van der Waals surface area contributed by atoms with E-state index in [1.807, 2.05) is 6.07 Å². The van der Waals surface area contributed by atoms with Crippen LogP contribution in [-0.2, 0) is 11.2 Å². The first-order valence-corrected chi connectivity index (χ1v) is 6.74. The van der Waals surface area contributed by atoms with Crippen LogP contribution in [0.2, 0.25) is 0 Å². The SMILES string of the molecule is CC(C)CCC(=O)CCCCc1ccccc1. The van der Waals surface area contributed by atoms with Crippen molar-refractivity contribution >= 4 is 5.78 Å². The summed E-state index contributed by atoms with van der Waals surface area (Å²) >= 11 is 0. The summed E-state index contributed by atoms with van der Waals surface area (Å²) in [5.74, 6) is 1.08. The van der Waals surface area contributed by atoms with Gasteiger partial charge in [0.2, 0.25) is 0 Å². The van der Waals surface area contributed by atoms with Crippen LogP contribution in [0, 0.1) is 5.92 Å². The molecule has 0 aliphatic rings. The third kappa shape index (κ3) is 6.93. The van der Waals surface area contributed by atoms with Gasteiger partial charge in [0.05, 0.1) is 0 Å². The van der Waals surface area contributed by atoms with Crippen molar-refractivity contribution in [1.82, 2.24) is 0 Å². The van der Waals surface area contributed by atoms with Crippen molar-refractivity contribution in [3.05, 3.63) is 35.9 Å². The number of benzene rings is 1. The molecule has 1 heteroatoms. The molecule has 0 aromatic heterocycles. The standard InChI is InChI=1S/C16H24O/c1-14(2)12-13-16(17)11-7-6-10-15-8-4-3-5-9-15/h3-5,8-9,14H,6-7,10-13H2,1-2H3. The highest BCUT2D eigenvalue weighted by molar-refractivity contribution is 5.78. The molecule has 0 atom stereocenters. The van der Waals surface area contributed by atoms with Crippen LogP contribution in [0.5, 0.6) is 0 Å². The Morgan fingerprint density at radius 3 is 2.41 bits per heavy atom. The predicted octanol–water partition coefficient (Wildman–Crippen LogP) is 4.40. The number of unbranched alkanes of at least 4 members (excludes halogenated alkanes) is 1. The van der Waals surface area contributed by atoms with E-state index in [9.17, 15) is 4.79 Å². The Labute approximate surface area is 105 Å². The quantitative estimate of drug-likeness (QED) is 0.607. The molecule has 0 fully saturated rings. The zero-order valence-electron chi connectivity index (χ0n) is 11.1. The molecule has 1 rings (SSSR count). The Bertz CT molecular complexity index is 314. The van der Waals surface area contributed by atoms with Gasteiger partial charge in [-0.2, -0.15) is 0 Å². The number of Topliss-reactive ketones (excluding diaryl/α,β-unsaturated/α-hetero) is 1. The molecule has 0 saturated heterocycles. The number of rotatable bonds is 8. The van der Waals surface area contributed by atoms with Crippen LogP contribution in [0.1, 0.15) is 51.5 Å². The van der Waals surface area contributed by atoms with Crippen LogP contribution >= 0.6 is 0 Å². The molecule has 0 saturated carbocycles. The molecule has 0 amide bonds. The average Bonchev–Trinajstić information content (AvgIpc) is 2.33. The van der Waals surface area contributed by atoms with E-state index in [1.54, 1.807) is 0 Å². The van der Waals surface area contributed by atoms with Gasteiger partial charge in [0.15, 0.2) is 0 Å². The van der Waals surface area contributed by atoms with Gasteiger partial charge in [-0.05, 0) is 37.2 Å². The molecule has 0 aliphatic heterocycles. The van der Waals surface area contributed by atoms with Crippen LogP contribution in [0.3, 0.4) is 0 Å². The van der Waals surface area contributed by atoms with Crippen molar-refractivity contribution in [2.24, 2.45) is 5.92 Å². The predicted molar refractivity (Wildman–Crippen MR) is 73.1 cm³/mol. The fourth-order valence-corrected chi connectivity index (χ4v) is 1.87. The maximum atomic E-state index is 11.6. The summed E-state index contributed by atoms with van der Waals surface area (Å²) in [6.07, 6.45) is 5.82. The highest BCUT2D eigenvalue weighted by Gasteiger charge is 2.03. The van der Waals surface area contributed by atoms with E-state index in [0.717, 1.165) is 38.5 Å². The third-order valence-electron chi connectivity index (χ3n) is 3.01. The second kappa shape index (κ2) is 8.05. The minimum absolute atomic E-state index is 0.437. The van der Waals surface area contributed by atoms with E-state index in [2.05, 4.69) is 38.1 Å². The Morgan fingerprint density at radius 1 is 1.06 bits per heavy atom. The van der Waals surface area contributed by atoms with E-state index in [-0.39, 0.29) is 0 Å². The van der Waals surface area contributed by atoms with Crippen LogP contribution in [0.25, 0.3) is 0 Å². The van der Waals surface area contributed by atoms with Gasteiger partial charge in [-0.1, -0.05) is 44.2 Å². The van der Waals surface area contributed by atoms with Crippen molar-refractivity contribution in [1.29, 1.82) is 0 Å². The molecule has 17 heavy (non-hydrogen) atoms. The van der Waals surface area contributed by atoms with E-state index < -0.39 is 0 Å². The molecule has 1 aromatic carbocycles. The summed E-state index contributed by atoms with van der Waals surface area (Å²) in [6, 6.07) is 10.5. The molecular formula is C16H24O. The largest absolute Gasteiger partial charge is 0.300 e. The number of hydrogen-bond acceptors (Lipinski definition) is 1. The summed E-state index contributed by atoms with van der Waals surface area (Å²) < 4.78 is 0. The van der Waals surface area contributed by atoms with Crippen molar-refractivity contribution in [3.8, 4) is 0 Å². The number of carbonyl (C=O) groups excluding carboxylic acids is 1. The maximum absolute atomic E-state index is 11.6. The summed E-state index contributed by atoms with van der Waals surface area (Å²) in [5.41, 5.74) is 1.38. The molecule has 1 nitrogen and oxygen atoms in total. The van der Waals surface area contributed by atoms with Gasteiger partial charge in [0.1, 0.15) is 5.78 Å². The molecule has 0 spiro atoms. The lowest BCUT2D eigenvalue weighted by Crippen LogP contribution is -2.00. The van der Waals surface area contributed by atoms with Gasteiger partial charge in [-0.15, -0.1) is 0 Å². The van der Waals surface area contributed by atoms with Crippen molar-refractivity contribution in [2.75, 3.05) is 0 Å². The fourth-order valence-electron chi connectivity index (χ4n) is 1.87. The number of aryl methyl sites for hydroxylation is 1. The first kappa shape index (κ1) is 14.0. The molecule has 94 valence electrons. The lowest BCUT2D eigenvalue weighted by atomic mass is 10.0. The minimum Gasteiger partial charge on any atom is -0.300 e. The van der Waals surface area contributed by atoms with Crippen LogP contribution in [-0.4, -0.2) is 5.78 Å². The van der Waals surface area contributed by atoms with Gasteiger partial charge in [0.25, 0.3) is 0 Å². The molecule has 0 bridgehead atoms. The summed E-state index contributed by atoms with van der Waals surface area (Å²) in [4.78, 5) is 11.6. The Hall–Kier alpha value is -1.11. The molecule has 0 N–H and O–H groups in total. The van der Waals surface area contributed by atoms with Gasteiger partial charge < -0.3 is 0 Å². The van der Waals surface area contributed by atoms with Gasteiger partial charge in [0, 0.05) is 12.8 Å². The first-order valence-electron chi connectivity index (χ1n) is 6.74. The lowest BCUT2D eigenvalue weighted by molar-refractivity contribution is -0.119. The van der Waals surface area contributed by atoms with Gasteiger partial charge >= 0.3 is 0 Å². The lowest BCUT2D eigenvalue weighted by Gasteiger charge is -2.04. The Morgan fingerprint density at radius 2 is 1.76 bits per heavy atom. The summed E-state index contributed by atoms with van der Waals surface area (Å²) in [6.45, 7) is 4.34. The van der Waals surface area contributed by atoms with Crippen LogP contribution in [0.4, 0.5) is 0 Å². The third-order valence-corrected chi connectivity index (χ3v) is 3.01. The zero-order chi connectivity index (χ0) is 12.5. The minimum atomic E-state index is 0.437. The summed E-state index contributed by atoms with van der Waals surface area (Å²) in [5, 5.41) is 0. The second-order valence-corrected chi connectivity index (χ2v) is 5.16. The zero-order valence-corrected chi connectivity index (χ0v) is 11.1. The molecule has 0 heterocycles. The number of ketones is 1. The van der Waals surface area contributed by atoms with Crippen LogP contribution < -0.4 is 0 Å². The van der Waals surface area contributed by atoms with Gasteiger partial charge in [-0.25, -0.2) is 0 Å². The monoisotopic (exact) mass is 232 g/mol. The number of carbonyl (C=O) groups is 1. The second-order valence-electron chi connectivity index (χ2n) is 5.16. The molecule has 1 aromatic rings. The topological polar surface area (TPSA) is 17.1 Å². The van der Waals surface area contributed by atoms with Gasteiger partial charge in [-0.3, -0.25) is 4.79 Å². The smallest absolute Gasteiger partial charge is 0.132 e. The van der Waals surface area contributed by atoms with Crippen molar-refractivity contribution in [3.63, 3.8) is 0 Å². The summed E-state index contributed by atoms with van der Waals surface area (Å²) in [7, 11) is 0. The van der Waals surface area contributed by atoms with Crippen LogP contribution in [0.15, 0.2) is 30.3 Å². The number of hydrogen-bond donors (Lipinski definition) is 0. The first-order chi connectivity index (χ1) is 8.18. The van der Waals surface area contributed by atoms with E-state index in [0.29, 0.717) is 11.7 Å². The normalized spacial score (nSPS) is 10.8. The van der Waals surface area contributed by atoms with E-state index >= 15 is 0 Å². The highest BCUT2D eigenvalue weighted by atomic mass is 16.1. The fraction of sp³-hybridized carbons (Fsp3) is 0.562. The maximum Gasteiger partial charge on any atom is 0.132 e. The molecule has 0 aliphatic carbocycles. The molecular weight excluding hydrogens is 208 g/mol. The Kier molecular flexibility index (Phi) is 6.61.